The van der Waals surface area contributed by atoms with Crippen LogP contribution in [0.2, 0.25) is 0 Å². The number of nitrogens with one attached hydrogen (secondary N) is 1. The monoisotopic (exact) mass is 281 g/mol. The van der Waals surface area contributed by atoms with Gasteiger partial charge in [-0.15, -0.1) is 0 Å². The third kappa shape index (κ3) is 5.87. The van der Waals surface area contributed by atoms with Crippen LogP contribution in [0.15, 0.2) is 24.3 Å². The molecule has 0 bridgehead atoms. The molecule has 1 aromatic carbocycles. The van der Waals surface area contributed by atoms with Gasteiger partial charge in [0.25, 0.3) is 0 Å². The van der Waals surface area contributed by atoms with Crippen LogP contribution in [0.4, 0.5) is 0 Å². The lowest BCUT2D eigenvalue weighted by atomic mass is 10.0. The Bertz CT molecular complexity index is 392. The fraction of sp³-hybridized carbons (Fsp3) is 0.625. The van der Waals surface area contributed by atoms with E-state index in [2.05, 4.69) is 50.4 Å². The third-order valence-electron chi connectivity index (χ3n) is 3.28. The van der Waals surface area contributed by atoms with Crippen molar-refractivity contribution in [3.05, 3.63) is 35.4 Å². The molecule has 0 saturated carbocycles. The van der Waals surface area contributed by atoms with E-state index in [1.165, 1.54) is 11.1 Å². The maximum Gasteiger partial charge on any atom is 0.0439 e. The van der Waals surface area contributed by atoms with Crippen LogP contribution in [0.3, 0.4) is 0 Å². The van der Waals surface area contributed by atoms with E-state index in [1.807, 2.05) is 0 Å². The SMILES string of the molecule is CCCCS(=O)CC(NCCC)c1ccccc1C. The van der Waals surface area contributed by atoms with Gasteiger partial charge in [0, 0.05) is 28.3 Å². The third-order valence-corrected chi connectivity index (χ3v) is 4.73. The molecule has 0 aromatic heterocycles. The lowest BCUT2D eigenvalue weighted by Crippen LogP contribution is -2.28. The van der Waals surface area contributed by atoms with Gasteiger partial charge in [0.05, 0.1) is 0 Å². The summed E-state index contributed by atoms with van der Waals surface area (Å²) in [6.07, 6.45) is 3.27. The quantitative estimate of drug-likeness (QED) is 0.749. The van der Waals surface area contributed by atoms with Crippen LogP contribution < -0.4 is 5.32 Å². The molecule has 3 heteroatoms. The van der Waals surface area contributed by atoms with Crippen LogP contribution in [0.25, 0.3) is 0 Å². The minimum atomic E-state index is -0.725. The molecule has 0 spiro atoms. The van der Waals surface area contributed by atoms with Crippen molar-refractivity contribution in [1.82, 2.24) is 5.32 Å². The molecule has 0 amide bonds. The molecule has 108 valence electrons. The van der Waals surface area contributed by atoms with Gasteiger partial charge >= 0.3 is 0 Å². The van der Waals surface area contributed by atoms with Crippen LogP contribution in [0.1, 0.15) is 50.3 Å². The smallest absolute Gasteiger partial charge is 0.0439 e. The van der Waals surface area contributed by atoms with E-state index in [-0.39, 0.29) is 6.04 Å². The molecule has 1 N–H and O–H groups in total. The molecular weight excluding hydrogens is 254 g/mol. The van der Waals surface area contributed by atoms with Crippen LogP contribution in [0.5, 0.6) is 0 Å². The summed E-state index contributed by atoms with van der Waals surface area (Å²) in [6.45, 7) is 7.41. The normalized spacial score (nSPS) is 14.3. The van der Waals surface area contributed by atoms with E-state index >= 15 is 0 Å². The van der Waals surface area contributed by atoms with Gasteiger partial charge in [-0.25, -0.2) is 0 Å². The predicted octanol–water partition coefficient (Wildman–Crippen LogP) is 3.58. The van der Waals surface area contributed by atoms with E-state index in [1.54, 1.807) is 0 Å². The summed E-state index contributed by atoms with van der Waals surface area (Å²) in [5, 5.41) is 3.54. The van der Waals surface area contributed by atoms with Crippen molar-refractivity contribution >= 4 is 10.8 Å². The highest BCUT2D eigenvalue weighted by atomic mass is 32.2. The Morgan fingerprint density at radius 3 is 2.58 bits per heavy atom. The molecule has 0 radical (unpaired) electrons. The Morgan fingerprint density at radius 1 is 1.21 bits per heavy atom. The minimum Gasteiger partial charge on any atom is -0.309 e. The summed E-state index contributed by atoms with van der Waals surface area (Å²) < 4.78 is 12.1. The van der Waals surface area contributed by atoms with Gasteiger partial charge in [-0.05, 0) is 37.4 Å². The Labute approximate surface area is 120 Å². The topological polar surface area (TPSA) is 29.1 Å². The number of unbranched alkanes of at least 4 members (excludes halogenated alkanes) is 1. The zero-order valence-corrected chi connectivity index (χ0v) is 13.3. The van der Waals surface area contributed by atoms with Gasteiger partial charge in [0.1, 0.15) is 0 Å². The molecule has 19 heavy (non-hydrogen) atoms. The summed E-state index contributed by atoms with van der Waals surface area (Å²) >= 11 is 0. The first-order chi connectivity index (χ1) is 9.19. The largest absolute Gasteiger partial charge is 0.309 e. The minimum absolute atomic E-state index is 0.221. The predicted molar refractivity (Wildman–Crippen MR) is 85.0 cm³/mol. The van der Waals surface area contributed by atoms with Crippen LogP contribution >= 0.6 is 0 Å². The Balaban J connectivity index is 2.71. The molecule has 0 aliphatic heterocycles. The summed E-state index contributed by atoms with van der Waals surface area (Å²) in [6, 6.07) is 8.63. The Morgan fingerprint density at radius 2 is 1.95 bits per heavy atom. The van der Waals surface area contributed by atoms with Gasteiger partial charge in [-0.2, -0.15) is 0 Å². The molecule has 0 heterocycles. The highest BCUT2D eigenvalue weighted by molar-refractivity contribution is 7.85. The molecule has 2 unspecified atom stereocenters. The lowest BCUT2D eigenvalue weighted by Gasteiger charge is -2.20. The highest BCUT2D eigenvalue weighted by Crippen LogP contribution is 2.19. The van der Waals surface area contributed by atoms with Crippen LogP contribution in [-0.4, -0.2) is 22.3 Å². The lowest BCUT2D eigenvalue weighted by molar-refractivity contribution is 0.567. The Kier molecular flexibility index (Phi) is 7.99. The van der Waals surface area contributed by atoms with E-state index in [0.717, 1.165) is 37.3 Å². The maximum atomic E-state index is 12.1. The van der Waals surface area contributed by atoms with Crippen molar-refractivity contribution in [2.75, 3.05) is 18.1 Å². The first-order valence-electron chi connectivity index (χ1n) is 7.32. The molecule has 0 fully saturated rings. The van der Waals surface area contributed by atoms with Crippen LogP contribution in [0, 0.1) is 6.92 Å². The highest BCUT2D eigenvalue weighted by Gasteiger charge is 2.15. The Hall–Kier alpha value is -0.670. The average molecular weight is 281 g/mol. The number of benzene rings is 1. The second-order valence-corrected chi connectivity index (χ2v) is 6.65. The number of hydrogen-bond donors (Lipinski definition) is 1. The average Bonchev–Trinajstić information content (AvgIpc) is 2.42. The molecule has 1 aromatic rings. The van der Waals surface area contributed by atoms with Crippen molar-refractivity contribution in [3.8, 4) is 0 Å². The van der Waals surface area contributed by atoms with E-state index in [0.29, 0.717) is 0 Å². The number of hydrogen-bond acceptors (Lipinski definition) is 2. The van der Waals surface area contributed by atoms with Gasteiger partial charge < -0.3 is 5.32 Å². The summed E-state index contributed by atoms with van der Waals surface area (Å²) in [5.41, 5.74) is 2.57. The first kappa shape index (κ1) is 16.4. The van der Waals surface area contributed by atoms with E-state index < -0.39 is 10.8 Å². The molecular formula is C16H27NOS. The second kappa shape index (κ2) is 9.27. The number of aryl methyl sites for hydroxylation is 1. The van der Waals surface area contributed by atoms with E-state index in [4.69, 9.17) is 0 Å². The fourth-order valence-electron chi connectivity index (χ4n) is 2.13. The molecule has 0 saturated heterocycles. The van der Waals surface area contributed by atoms with Crippen LogP contribution in [-0.2, 0) is 10.8 Å². The molecule has 2 nitrogen and oxygen atoms in total. The first-order valence-corrected chi connectivity index (χ1v) is 8.81. The summed E-state index contributed by atoms with van der Waals surface area (Å²) in [5.74, 6) is 1.55. The van der Waals surface area contributed by atoms with Crippen molar-refractivity contribution < 1.29 is 4.21 Å². The van der Waals surface area contributed by atoms with Crippen molar-refractivity contribution in [2.24, 2.45) is 0 Å². The van der Waals surface area contributed by atoms with Crippen molar-refractivity contribution in [3.63, 3.8) is 0 Å². The van der Waals surface area contributed by atoms with E-state index in [9.17, 15) is 4.21 Å². The standard InChI is InChI=1S/C16H27NOS/c1-4-6-12-19(18)13-16(17-11-5-2)15-10-8-7-9-14(15)3/h7-10,16-17H,4-6,11-13H2,1-3H3. The van der Waals surface area contributed by atoms with Gasteiger partial charge in [0.2, 0.25) is 0 Å². The second-order valence-electron chi connectivity index (χ2n) is 5.03. The fourth-order valence-corrected chi connectivity index (χ4v) is 3.58. The molecule has 0 aliphatic rings. The number of rotatable bonds is 9. The summed E-state index contributed by atoms with van der Waals surface area (Å²) in [7, 11) is -0.725. The van der Waals surface area contributed by atoms with Crippen molar-refractivity contribution in [1.29, 1.82) is 0 Å². The molecule has 2 atom stereocenters. The summed E-state index contributed by atoms with van der Waals surface area (Å²) in [4.78, 5) is 0. The molecule has 0 aliphatic carbocycles. The maximum absolute atomic E-state index is 12.1. The van der Waals surface area contributed by atoms with Gasteiger partial charge in [0.15, 0.2) is 0 Å². The van der Waals surface area contributed by atoms with Crippen molar-refractivity contribution in [2.45, 2.75) is 46.1 Å². The zero-order valence-electron chi connectivity index (χ0n) is 12.4. The van der Waals surface area contributed by atoms with Gasteiger partial charge in [-0.1, -0.05) is 44.5 Å². The van der Waals surface area contributed by atoms with Gasteiger partial charge in [-0.3, -0.25) is 4.21 Å². The molecule has 1 rings (SSSR count). The zero-order chi connectivity index (χ0) is 14.1.